The molecule has 0 spiro atoms. The Balaban J connectivity index is 1.62. The minimum Gasteiger partial charge on any atom is -0.347 e. The van der Waals surface area contributed by atoms with Crippen LogP contribution < -0.4 is 9.89 Å². The minimum absolute atomic E-state index is 0.104. The summed E-state index contributed by atoms with van der Waals surface area (Å²) in [6.45, 7) is 0.900. The largest absolute Gasteiger partial charge is 0.347 e. The molecule has 5 rings (SSSR count). The van der Waals surface area contributed by atoms with Crippen LogP contribution in [-0.4, -0.2) is 4.90 Å². The fraction of sp³-hybridized carbons (Fsp3) is 0.286. The van der Waals surface area contributed by atoms with Gasteiger partial charge >= 0.3 is 0 Å². The van der Waals surface area contributed by atoms with Crippen LogP contribution >= 0.6 is 22.7 Å². The molecule has 0 radical (unpaired) electrons. The predicted octanol–water partition coefficient (Wildman–Crippen LogP) is 4.26. The lowest BCUT2D eigenvalue weighted by Crippen LogP contribution is -2.36. The number of hydrogen-bond donors (Lipinski definition) is 0. The lowest BCUT2D eigenvalue weighted by Gasteiger charge is -2.29. The van der Waals surface area contributed by atoms with Gasteiger partial charge in [-0.15, -0.1) is 22.7 Å². The number of aryl methyl sites for hydroxylation is 1. The number of hydrogen-bond acceptors (Lipinski definition) is 4. The number of fused-ring (bicyclic) bond motifs is 3. The summed E-state index contributed by atoms with van der Waals surface area (Å²) in [7, 11) is 0. The molecule has 2 aliphatic rings. The van der Waals surface area contributed by atoms with Crippen LogP contribution in [0.5, 0.6) is 0 Å². The quantitative estimate of drug-likeness (QED) is 0.678. The number of rotatable bonds is 3. The van der Waals surface area contributed by atoms with Gasteiger partial charge in [-0.05, 0) is 48.3 Å². The van der Waals surface area contributed by atoms with Crippen molar-refractivity contribution in [2.45, 2.75) is 38.4 Å². The average Bonchev–Trinajstić information content (AvgIpc) is 3.29. The van der Waals surface area contributed by atoms with Gasteiger partial charge in [0.2, 0.25) is 0 Å². The summed E-state index contributed by atoms with van der Waals surface area (Å²) in [6.07, 6.45) is 7.59. The summed E-state index contributed by atoms with van der Waals surface area (Å²) in [6, 6.07) is 15.1. The van der Waals surface area contributed by atoms with Gasteiger partial charge in [0, 0.05) is 27.7 Å². The monoisotopic (exact) mass is 364 g/mol. The third-order valence-corrected chi connectivity index (χ3v) is 7.17. The van der Waals surface area contributed by atoms with Crippen molar-refractivity contribution < 1.29 is 0 Å². The van der Waals surface area contributed by atoms with E-state index in [2.05, 4.69) is 58.9 Å². The Labute approximate surface area is 155 Å². The van der Waals surface area contributed by atoms with Crippen LogP contribution in [0.25, 0.3) is 6.20 Å². The summed E-state index contributed by atoms with van der Waals surface area (Å²) in [5, 5.41) is 3.55. The fourth-order valence-corrected chi connectivity index (χ4v) is 5.85. The van der Waals surface area contributed by atoms with Crippen molar-refractivity contribution in [2.75, 3.05) is 0 Å². The van der Waals surface area contributed by atoms with Crippen LogP contribution in [-0.2, 0) is 19.4 Å². The van der Waals surface area contributed by atoms with Crippen molar-refractivity contribution in [2.24, 2.45) is 4.99 Å². The van der Waals surface area contributed by atoms with Crippen LogP contribution in [0, 0.1) is 0 Å². The van der Waals surface area contributed by atoms with E-state index in [0.717, 1.165) is 6.54 Å². The molecular weight excluding hydrogens is 344 g/mol. The summed E-state index contributed by atoms with van der Waals surface area (Å²) in [5.41, 5.74) is 2.90. The fourth-order valence-electron chi connectivity index (χ4n) is 3.82. The van der Waals surface area contributed by atoms with E-state index in [0.29, 0.717) is 0 Å². The van der Waals surface area contributed by atoms with E-state index >= 15 is 0 Å². The summed E-state index contributed by atoms with van der Waals surface area (Å²) in [4.78, 5) is 10.5. The first-order valence-corrected chi connectivity index (χ1v) is 10.6. The third-order valence-electron chi connectivity index (χ3n) is 5.05. The molecule has 0 N–H and O–H groups in total. The summed E-state index contributed by atoms with van der Waals surface area (Å²) >= 11 is 3.73. The summed E-state index contributed by atoms with van der Waals surface area (Å²) in [5.74, 6) is 0. The Kier molecular flexibility index (Phi) is 3.95. The molecule has 0 fully saturated rings. The molecule has 1 aliphatic heterocycles. The molecule has 4 heteroatoms. The Morgan fingerprint density at radius 1 is 1.04 bits per heavy atom. The highest BCUT2D eigenvalue weighted by Crippen LogP contribution is 2.30. The number of nitrogens with zero attached hydrogens (tertiary/aromatic N) is 2. The second-order valence-corrected chi connectivity index (χ2v) is 8.80. The van der Waals surface area contributed by atoms with Crippen molar-refractivity contribution >= 4 is 28.9 Å². The zero-order valence-corrected chi connectivity index (χ0v) is 15.7. The Bertz CT molecular complexity index is 987. The van der Waals surface area contributed by atoms with E-state index in [-0.39, 0.29) is 6.17 Å². The molecule has 25 heavy (non-hydrogen) atoms. The molecule has 0 saturated carbocycles. The standard InChI is InChI=1S/C21H20N2S2/c1-2-7-15(8-3-1)13-23-14-17-16-9-4-5-10-18(16)25-21(17)22-20(23)19-11-6-12-24-19/h1-3,6-8,11-12,14,20H,4-5,9-10,13H2. The van der Waals surface area contributed by atoms with Gasteiger partial charge in [0.15, 0.2) is 6.17 Å². The van der Waals surface area contributed by atoms with Gasteiger partial charge in [-0.1, -0.05) is 36.4 Å². The average molecular weight is 365 g/mol. The van der Waals surface area contributed by atoms with Crippen LogP contribution in [0.4, 0.5) is 0 Å². The highest BCUT2D eigenvalue weighted by atomic mass is 32.1. The molecule has 126 valence electrons. The molecule has 0 bridgehead atoms. The van der Waals surface area contributed by atoms with Crippen LogP contribution in [0.2, 0.25) is 0 Å². The van der Waals surface area contributed by atoms with Gasteiger partial charge in [-0.3, -0.25) is 0 Å². The Hall–Kier alpha value is -1.91. The highest BCUT2D eigenvalue weighted by Gasteiger charge is 2.24. The molecule has 3 heterocycles. The van der Waals surface area contributed by atoms with Crippen LogP contribution in [0.3, 0.4) is 0 Å². The van der Waals surface area contributed by atoms with Gasteiger partial charge < -0.3 is 4.90 Å². The number of benzene rings is 1. The zero-order chi connectivity index (χ0) is 16.6. The normalized spacial score (nSPS) is 18.9. The van der Waals surface area contributed by atoms with Gasteiger partial charge in [0.25, 0.3) is 0 Å². The second kappa shape index (κ2) is 6.43. The van der Waals surface area contributed by atoms with Crippen molar-refractivity contribution in [3.05, 3.63) is 78.6 Å². The lowest BCUT2D eigenvalue weighted by atomic mass is 9.98. The van der Waals surface area contributed by atoms with E-state index in [9.17, 15) is 0 Å². The molecule has 0 saturated heterocycles. The van der Waals surface area contributed by atoms with Crippen molar-refractivity contribution in [1.82, 2.24) is 4.90 Å². The van der Waals surface area contributed by atoms with Crippen molar-refractivity contribution in [3.8, 4) is 0 Å². The maximum absolute atomic E-state index is 5.19. The smallest absolute Gasteiger partial charge is 0.157 e. The molecule has 3 aromatic rings. The van der Waals surface area contributed by atoms with Crippen LogP contribution in [0.1, 0.15) is 39.9 Å². The molecule has 0 amide bonds. The second-order valence-electron chi connectivity index (χ2n) is 6.73. The summed E-state index contributed by atoms with van der Waals surface area (Å²) < 4.78 is 1.25. The van der Waals surface area contributed by atoms with Gasteiger partial charge in [0.1, 0.15) is 4.67 Å². The van der Waals surface area contributed by atoms with E-state index in [1.165, 1.54) is 46.0 Å². The molecule has 2 nitrogen and oxygen atoms in total. The molecule has 1 aliphatic carbocycles. The van der Waals surface area contributed by atoms with Gasteiger partial charge in [-0.25, -0.2) is 4.99 Å². The Morgan fingerprint density at radius 3 is 2.76 bits per heavy atom. The van der Waals surface area contributed by atoms with Gasteiger partial charge in [0.05, 0.1) is 0 Å². The first-order chi connectivity index (χ1) is 12.4. The van der Waals surface area contributed by atoms with E-state index in [1.54, 1.807) is 21.8 Å². The third kappa shape index (κ3) is 2.83. The topological polar surface area (TPSA) is 15.6 Å². The van der Waals surface area contributed by atoms with Gasteiger partial charge in [-0.2, -0.15) is 0 Å². The molecular formula is C21H20N2S2. The van der Waals surface area contributed by atoms with Crippen molar-refractivity contribution in [3.63, 3.8) is 0 Å². The molecule has 1 unspecified atom stereocenters. The number of thiophene rings is 2. The first-order valence-electron chi connectivity index (χ1n) is 8.92. The molecule has 2 aromatic heterocycles. The minimum atomic E-state index is 0.104. The maximum Gasteiger partial charge on any atom is 0.157 e. The highest BCUT2D eigenvalue weighted by molar-refractivity contribution is 7.10. The van der Waals surface area contributed by atoms with Crippen molar-refractivity contribution in [1.29, 1.82) is 0 Å². The predicted molar refractivity (Wildman–Crippen MR) is 105 cm³/mol. The van der Waals surface area contributed by atoms with E-state index in [4.69, 9.17) is 4.99 Å². The SMILES string of the molecule is C1=c2c3c(sc2=NC(c2cccs2)N1Cc1ccccc1)CCCC3. The first kappa shape index (κ1) is 15.4. The zero-order valence-electron chi connectivity index (χ0n) is 14.0. The maximum atomic E-state index is 5.19. The molecule has 1 aromatic carbocycles. The lowest BCUT2D eigenvalue weighted by molar-refractivity contribution is 0.304. The van der Waals surface area contributed by atoms with E-state index < -0.39 is 0 Å². The van der Waals surface area contributed by atoms with E-state index in [1.807, 2.05) is 11.3 Å². The Morgan fingerprint density at radius 2 is 1.92 bits per heavy atom. The van der Waals surface area contributed by atoms with Crippen LogP contribution in [0.15, 0.2) is 52.8 Å². The molecule has 1 atom stereocenters.